The van der Waals surface area contributed by atoms with Gasteiger partial charge >= 0.3 is 0 Å². The van der Waals surface area contributed by atoms with Gasteiger partial charge in [-0.25, -0.2) is 9.67 Å². The normalized spacial score (nSPS) is 11.2. The second kappa shape index (κ2) is 10.4. The van der Waals surface area contributed by atoms with Crippen molar-refractivity contribution in [3.63, 3.8) is 0 Å². The zero-order valence-corrected chi connectivity index (χ0v) is 20.7. The number of pyridine rings is 1. The molecule has 0 fully saturated rings. The van der Waals surface area contributed by atoms with Gasteiger partial charge in [-0.05, 0) is 44.4 Å². The Labute approximate surface area is 197 Å². The lowest BCUT2D eigenvalue weighted by Gasteiger charge is -2.29. The van der Waals surface area contributed by atoms with Gasteiger partial charge in [0.15, 0.2) is 5.65 Å². The van der Waals surface area contributed by atoms with Crippen LogP contribution in [0.3, 0.4) is 0 Å². The Morgan fingerprint density at radius 2 is 1.87 bits per heavy atom. The number of rotatable bonds is 6. The summed E-state index contributed by atoms with van der Waals surface area (Å²) in [5.74, 6) is -0.0444. The van der Waals surface area contributed by atoms with E-state index in [1.165, 1.54) is 0 Å². The van der Waals surface area contributed by atoms with Crippen molar-refractivity contribution in [2.24, 2.45) is 11.1 Å². The highest BCUT2D eigenvalue weighted by molar-refractivity contribution is 6.06. The molecule has 3 rings (SSSR count). The van der Waals surface area contributed by atoms with Crippen LogP contribution in [0.4, 0.5) is 0 Å². The van der Waals surface area contributed by atoms with Crippen LogP contribution in [0.1, 0.15) is 49.7 Å². The highest BCUT2D eigenvalue weighted by atomic mass is 35.5. The standard InChI is InChI=1S/C23H31N5O.2ClH/c1-15(2)28-21-19(12-25-28)18(22(29)27(6)14-23(4,5)13-24)11-20(26-21)17-10-8-7-9-16(17)3;;/h7-12,15H,13-14,24H2,1-6H3;2*1H. The summed E-state index contributed by atoms with van der Waals surface area (Å²) in [5.41, 5.74) is 9.99. The van der Waals surface area contributed by atoms with Crippen LogP contribution in [0, 0.1) is 12.3 Å². The second-order valence-corrected chi connectivity index (χ2v) is 8.82. The summed E-state index contributed by atoms with van der Waals surface area (Å²) in [4.78, 5) is 20.1. The van der Waals surface area contributed by atoms with Crippen molar-refractivity contribution in [1.82, 2.24) is 19.7 Å². The number of fused-ring (bicyclic) bond motifs is 1. The molecule has 2 N–H and O–H groups in total. The summed E-state index contributed by atoms with van der Waals surface area (Å²) < 4.78 is 1.87. The molecule has 1 amide bonds. The summed E-state index contributed by atoms with van der Waals surface area (Å²) >= 11 is 0. The zero-order valence-electron chi connectivity index (χ0n) is 19.0. The number of carbonyl (C=O) groups excluding carboxylic acids is 1. The molecule has 0 aliphatic carbocycles. The lowest BCUT2D eigenvalue weighted by atomic mass is 9.93. The maximum absolute atomic E-state index is 13.4. The minimum atomic E-state index is -0.155. The Kier molecular flexibility index (Phi) is 9.06. The molecule has 170 valence electrons. The van der Waals surface area contributed by atoms with Crippen LogP contribution < -0.4 is 5.73 Å². The first-order chi connectivity index (χ1) is 13.6. The maximum atomic E-state index is 13.4. The zero-order chi connectivity index (χ0) is 21.3. The number of carbonyl (C=O) groups is 1. The minimum Gasteiger partial charge on any atom is -0.341 e. The molecule has 3 aromatic rings. The molecular weight excluding hydrogens is 433 g/mol. The molecule has 0 saturated carbocycles. The highest BCUT2D eigenvalue weighted by Gasteiger charge is 2.25. The second-order valence-electron chi connectivity index (χ2n) is 8.82. The van der Waals surface area contributed by atoms with E-state index < -0.39 is 0 Å². The van der Waals surface area contributed by atoms with Crippen LogP contribution in [0.5, 0.6) is 0 Å². The van der Waals surface area contributed by atoms with Crippen molar-refractivity contribution in [3.8, 4) is 11.3 Å². The van der Waals surface area contributed by atoms with E-state index in [0.29, 0.717) is 18.7 Å². The molecule has 2 aromatic heterocycles. The van der Waals surface area contributed by atoms with E-state index >= 15 is 0 Å². The predicted octanol–water partition coefficient (Wildman–Crippen LogP) is 4.89. The third-order valence-corrected chi connectivity index (χ3v) is 5.27. The van der Waals surface area contributed by atoms with Gasteiger partial charge in [0, 0.05) is 25.2 Å². The molecule has 2 heterocycles. The van der Waals surface area contributed by atoms with Gasteiger partial charge in [0.2, 0.25) is 0 Å². The molecule has 1 aromatic carbocycles. The molecule has 0 bridgehead atoms. The van der Waals surface area contributed by atoms with Crippen LogP contribution >= 0.6 is 24.8 Å². The summed E-state index contributed by atoms with van der Waals surface area (Å²) in [6.45, 7) is 11.4. The van der Waals surface area contributed by atoms with Gasteiger partial charge in [0.05, 0.1) is 22.8 Å². The van der Waals surface area contributed by atoms with Gasteiger partial charge in [-0.15, -0.1) is 24.8 Å². The quantitative estimate of drug-likeness (QED) is 0.561. The van der Waals surface area contributed by atoms with Gasteiger partial charge in [-0.2, -0.15) is 5.10 Å². The van der Waals surface area contributed by atoms with Gasteiger partial charge in [0.25, 0.3) is 5.91 Å². The van der Waals surface area contributed by atoms with E-state index in [-0.39, 0.29) is 42.2 Å². The molecular formula is C23H33Cl2N5O. The molecule has 0 aliphatic heterocycles. The van der Waals surface area contributed by atoms with Gasteiger partial charge in [-0.3, -0.25) is 4.79 Å². The molecule has 0 unspecified atom stereocenters. The van der Waals surface area contributed by atoms with Crippen molar-refractivity contribution in [2.75, 3.05) is 20.1 Å². The van der Waals surface area contributed by atoms with Crippen molar-refractivity contribution in [1.29, 1.82) is 0 Å². The Morgan fingerprint density at radius 3 is 2.45 bits per heavy atom. The van der Waals surface area contributed by atoms with Crippen molar-refractivity contribution in [2.45, 2.75) is 40.7 Å². The highest BCUT2D eigenvalue weighted by Crippen LogP contribution is 2.29. The van der Waals surface area contributed by atoms with Gasteiger partial charge < -0.3 is 10.6 Å². The molecule has 0 spiro atoms. The minimum absolute atomic E-state index is 0. The number of hydrogen-bond acceptors (Lipinski definition) is 4. The Morgan fingerprint density at radius 1 is 1.23 bits per heavy atom. The molecule has 0 aliphatic rings. The maximum Gasteiger partial charge on any atom is 0.254 e. The number of benzene rings is 1. The third-order valence-electron chi connectivity index (χ3n) is 5.27. The summed E-state index contributed by atoms with van der Waals surface area (Å²) in [7, 11) is 1.83. The van der Waals surface area contributed by atoms with Gasteiger partial charge in [-0.1, -0.05) is 38.1 Å². The number of nitrogens with two attached hydrogens (primary N) is 1. The van der Waals surface area contributed by atoms with Crippen molar-refractivity contribution < 1.29 is 4.79 Å². The van der Waals surface area contributed by atoms with E-state index in [0.717, 1.165) is 27.9 Å². The third kappa shape index (κ3) is 5.56. The number of halogens is 2. The van der Waals surface area contributed by atoms with Crippen LogP contribution in [-0.4, -0.2) is 45.7 Å². The first-order valence-corrected chi connectivity index (χ1v) is 10.0. The Hall–Kier alpha value is -2.15. The Balaban J connectivity index is 0.00000240. The summed E-state index contributed by atoms with van der Waals surface area (Å²) in [5, 5.41) is 5.28. The van der Waals surface area contributed by atoms with E-state index in [2.05, 4.69) is 45.8 Å². The van der Waals surface area contributed by atoms with Crippen molar-refractivity contribution in [3.05, 3.63) is 47.7 Å². The molecule has 6 nitrogen and oxygen atoms in total. The fraction of sp³-hybridized carbons (Fsp3) is 0.435. The lowest BCUT2D eigenvalue weighted by molar-refractivity contribution is 0.0742. The smallest absolute Gasteiger partial charge is 0.254 e. The van der Waals surface area contributed by atoms with Crippen LogP contribution in [0.2, 0.25) is 0 Å². The largest absolute Gasteiger partial charge is 0.341 e. The number of nitrogens with zero attached hydrogens (tertiary/aromatic N) is 4. The van der Waals surface area contributed by atoms with Crippen LogP contribution in [0.25, 0.3) is 22.3 Å². The number of amides is 1. The van der Waals surface area contributed by atoms with Crippen molar-refractivity contribution >= 4 is 41.8 Å². The van der Waals surface area contributed by atoms with E-state index in [1.54, 1.807) is 11.1 Å². The first kappa shape index (κ1) is 26.9. The number of aromatic nitrogens is 3. The van der Waals surface area contributed by atoms with E-state index in [4.69, 9.17) is 10.7 Å². The Bertz CT molecular complexity index is 1050. The first-order valence-electron chi connectivity index (χ1n) is 10.0. The van der Waals surface area contributed by atoms with Gasteiger partial charge in [0.1, 0.15) is 0 Å². The van der Waals surface area contributed by atoms with Crippen LogP contribution in [-0.2, 0) is 0 Å². The fourth-order valence-electron chi connectivity index (χ4n) is 3.56. The average molecular weight is 466 g/mol. The molecule has 0 radical (unpaired) electrons. The topological polar surface area (TPSA) is 77.0 Å². The molecule has 0 atom stereocenters. The average Bonchev–Trinajstić information content (AvgIpc) is 3.11. The fourth-order valence-corrected chi connectivity index (χ4v) is 3.56. The van der Waals surface area contributed by atoms with E-state index in [1.807, 2.05) is 36.0 Å². The number of hydrogen-bond donors (Lipinski definition) is 1. The SMILES string of the molecule is Cc1ccccc1-c1cc(C(=O)N(C)CC(C)(C)CN)c2cnn(C(C)C)c2n1.Cl.Cl. The van der Waals surface area contributed by atoms with Crippen LogP contribution in [0.15, 0.2) is 36.5 Å². The monoisotopic (exact) mass is 465 g/mol. The number of aryl methyl sites for hydroxylation is 1. The summed E-state index contributed by atoms with van der Waals surface area (Å²) in [6.07, 6.45) is 1.75. The lowest BCUT2D eigenvalue weighted by Crippen LogP contribution is -2.39. The molecule has 8 heteroatoms. The molecule has 31 heavy (non-hydrogen) atoms. The summed E-state index contributed by atoms with van der Waals surface area (Å²) in [6, 6.07) is 10.1. The van der Waals surface area contributed by atoms with E-state index in [9.17, 15) is 4.79 Å². The predicted molar refractivity (Wildman–Crippen MR) is 132 cm³/mol. The molecule has 0 saturated heterocycles.